The van der Waals surface area contributed by atoms with Gasteiger partial charge in [0.1, 0.15) is 12.2 Å². The second-order valence-electron chi connectivity index (χ2n) is 6.45. The Morgan fingerprint density at radius 1 is 0.880 bits per heavy atom. The summed E-state index contributed by atoms with van der Waals surface area (Å²) in [6.07, 6.45) is 6.21. The molecule has 0 amide bonds. The molecule has 1 aromatic carbocycles. The number of nitrogens with zero attached hydrogens (tertiary/aromatic N) is 4. The van der Waals surface area contributed by atoms with Gasteiger partial charge < -0.3 is 4.40 Å². The fraction of sp³-hybridized carbons (Fsp3) is 0.0476. The first kappa shape index (κ1) is 13.0. The first-order valence-corrected chi connectivity index (χ1v) is 8.45. The molecule has 0 saturated heterocycles. The highest BCUT2D eigenvalue weighted by Crippen LogP contribution is 2.34. The number of rotatable bonds is 1. The Balaban J connectivity index is 1.83. The molecule has 0 spiro atoms. The van der Waals surface area contributed by atoms with Crippen molar-refractivity contribution in [1.29, 1.82) is 0 Å². The Kier molecular flexibility index (Phi) is 2.37. The molecule has 5 aromatic rings. The Morgan fingerprint density at radius 2 is 1.76 bits per heavy atom. The van der Waals surface area contributed by atoms with Crippen molar-refractivity contribution in [2.24, 2.45) is 0 Å². The highest BCUT2D eigenvalue weighted by atomic mass is 15.2. The van der Waals surface area contributed by atoms with Gasteiger partial charge in [-0.25, -0.2) is 9.55 Å². The predicted octanol–water partition coefficient (Wildman–Crippen LogP) is 3.59. The average molecular weight is 323 g/mol. The maximum absolute atomic E-state index is 4.69. The van der Waals surface area contributed by atoms with Crippen LogP contribution in [0.3, 0.4) is 0 Å². The van der Waals surface area contributed by atoms with E-state index in [0.29, 0.717) is 0 Å². The fourth-order valence-electron chi connectivity index (χ4n) is 4.04. The zero-order valence-electron chi connectivity index (χ0n) is 13.5. The largest absolute Gasteiger partial charge is 0.316 e. The Hall–Kier alpha value is -3.40. The van der Waals surface area contributed by atoms with E-state index in [1.165, 1.54) is 22.1 Å². The predicted molar refractivity (Wildman–Crippen MR) is 96.8 cm³/mol. The minimum atomic E-state index is 0.864. The van der Waals surface area contributed by atoms with E-state index in [1.54, 1.807) is 0 Å². The molecule has 1 aliphatic heterocycles. The summed E-state index contributed by atoms with van der Waals surface area (Å²) in [5.41, 5.74) is 7.22. The van der Waals surface area contributed by atoms with Crippen molar-refractivity contribution in [2.45, 2.75) is 6.54 Å². The lowest BCUT2D eigenvalue weighted by molar-refractivity contribution is -0.645. The van der Waals surface area contributed by atoms with Gasteiger partial charge in [0.15, 0.2) is 11.2 Å². The third-order valence-corrected chi connectivity index (χ3v) is 5.06. The highest BCUT2D eigenvalue weighted by molar-refractivity contribution is 5.92. The SMILES string of the molecule is c1ccc(-n2c3[n+](c4c2cn2ccccc42)Cc2cccnc2-3)cc1. The molecule has 118 valence electrons. The van der Waals surface area contributed by atoms with E-state index >= 15 is 0 Å². The summed E-state index contributed by atoms with van der Waals surface area (Å²) in [6.45, 7) is 0.864. The standard InChI is InChI=1S/C21H15N4/c1-2-8-16(9-3-1)25-18-14-23-12-5-4-10-17(23)20(18)24-13-15-7-6-11-22-19(15)21(24)25/h1-12,14H,13H2/q+1. The number of aromatic nitrogens is 4. The molecule has 4 nitrogen and oxygen atoms in total. The van der Waals surface area contributed by atoms with E-state index in [4.69, 9.17) is 4.98 Å². The van der Waals surface area contributed by atoms with Crippen LogP contribution in [-0.2, 0) is 6.54 Å². The summed E-state index contributed by atoms with van der Waals surface area (Å²) in [5.74, 6) is 1.16. The molecular weight excluding hydrogens is 308 g/mol. The van der Waals surface area contributed by atoms with Crippen LogP contribution >= 0.6 is 0 Å². The van der Waals surface area contributed by atoms with Crippen LogP contribution in [0.1, 0.15) is 5.56 Å². The molecule has 25 heavy (non-hydrogen) atoms. The van der Waals surface area contributed by atoms with Gasteiger partial charge in [-0.15, -0.1) is 0 Å². The summed E-state index contributed by atoms with van der Waals surface area (Å²) in [6, 6.07) is 21.1. The zero-order valence-corrected chi connectivity index (χ0v) is 13.5. The van der Waals surface area contributed by atoms with Gasteiger partial charge >= 0.3 is 5.82 Å². The Labute approximate surface area is 144 Å². The Morgan fingerprint density at radius 3 is 2.68 bits per heavy atom. The number of hydrogen-bond acceptors (Lipinski definition) is 1. The van der Waals surface area contributed by atoms with Gasteiger partial charge in [-0.05, 0) is 30.3 Å². The average Bonchev–Trinajstić information content (AvgIpc) is 3.29. The maximum Gasteiger partial charge on any atom is 0.314 e. The third-order valence-electron chi connectivity index (χ3n) is 5.06. The number of para-hydroxylation sites is 1. The van der Waals surface area contributed by atoms with Crippen LogP contribution in [0.2, 0.25) is 0 Å². The second-order valence-corrected chi connectivity index (χ2v) is 6.45. The quantitative estimate of drug-likeness (QED) is 0.425. The van der Waals surface area contributed by atoms with Crippen molar-refractivity contribution >= 4 is 16.6 Å². The minimum absolute atomic E-state index is 0.864. The molecule has 0 unspecified atom stereocenters. The lowest BCUT2D eigenvalue weighted by atomic mass is 10.2. The van der Waals surface area contributed by atoms with E-state index in [9.17, 15) is 0 Å². The van der Waals surface area contributed by atoms with Crippen LogP contribution in [0.4, 0.5) is 0 Å². The molecule has 0 saturated carbocycles. The van der Waals surface area contributed by atoms with Gasteiger partial charge in [-0.2, -0.15) is 4.57 Å². The van der Waals surface area contributed by atoms with Crippen LogP contribution in [0.15, 0.2) is 79.3 Å². The summed E-state index contributed by atoms with van der Waals surface area (Å²) >= 11 is 0. The van der Waals surface area contributed by atoms with Crippen molar-refractivity contribution in [1.82, 2.24) is 14.0 Å². The van der Waals surface area contributed by atoms with Crippen LogP contribution in [0, 0.1) is 0 Å². The molecular formula is C21H15N4+. The molecule has 4 heteroatoms. The van der Waals surface area contributed by atoms with Crippen LogP contribution in [0.25, 0.3) is 33.8 Å². The summed E-state index contributed by atoms with van der Waals surface area (Å²) in [7, 11) is 0. The van der Waals surface area contributed by atoms with Gasteiger partial charge in [0.25, 0.3) is 0 Å². The smallest absolute Gasteiger partial charge is 0.314 e. The monoisotopic (exact) mass is 323 g/mol. The molecule has 0 radical (unpaired) electrons. The number of benzene rings is 1. The molecule has 5 heterocycles. The van der Waals surface area contributed by atoms with E-state index in [2.05, 4.69) is 80.5 Å². The van der Waals surface area contributed by atoms with Crippen LogP contribution < -0.4 is 4.57 Å². The molecule has 0 aliphatic carbocycles. The van der Waals surface area contributed by atoms with Gasteiger partial charge in [0, 0.05) is 18.0 Å². The zero-order chi connectivity index (χ0) is 16.4. The van der Waals surface area contributed by atoms with Gasteiger partial charge in [-0.1, -0.05) is 30.3 Å². The first-order valence-electron chi connectivity index (χ1n) is 8.45. The van der Waals surface area contributed by atoms with Crippen molar-refractivity contribution in [2.75, 3.05) is 0 Å². The van der Waals surface area contributed by atoms with E-state index in [1.807, 2.05) is 12.3 Å². The lowest BCUT2D eigenvalue weighted by Gasteiger charge is -2.00. The second kappa shape index (κ2) is 4.57. The number of pyridine rings is 2. The van der Waals surface area contributed by atoms with E-state index in [-0.39, 0.29) is 0 Å². The molecule has 6 rings (SSSR count). The van der Waals surface area contributed by atoms with Gasteiger partial charge in [-0.3, -0.25) is 0 Å². The first-order chi connectivity index (χ1) is 12.4. The normalized spacial score (nSPS) is 12.6. The third kappa shape index (κ3) is 1.61. The highest BCUT2D eigenvalue weighted by Gasteiger charge is 2.37. The number of imidazole rings is 1. The summed E-state index contributed by atoms with van der Waals surface area (Å²) in [5, 5.41) is 0. The molecule has 0 atom stereocenters. The maximum atomic E-state index is 4.69. The summed E-state index contributed by atoms with van der Waals surface area (Å²) < 4.78 is 6.93. The van der Waals surface area contributed by atoms with Crippen molar-refractivity contribution < 1.29 is 4.57 Å². The lowest BCUT2D eigenvalue weighted by Crippen LogP contribution is -2.31. The molecule has 0 N–H and O–H groups in total. The van der Waals surface area contributed by atoms with Crippen molar-refractivity contribution in [3.05, 3.63) is 84.8 Å². The summed E-state index contributed by atoms with van der Waals surface area (Å²) in [4.78, 5) is 4.69. The minimum Gasteiger partial charge on any atom is -0.316 e. The molecule has 0 bridgehead atoms. The van der Waals surface area contributed by atoms with Crippen LogP contribution in [0.5, 0.6) is 0 Å². The number of fused-ring (bicyclic) bond motifs is 7. The molecule has 4 aromatic heterocycles. The number of hydrogen-bond donors (Lipinski definition) is 0. The van der Waals surface area contributed by atoms with Gasteiger partial charge in [0.2, 0.25) is 5.52 Å². The van der Waals surface area contributed by atoms with Gasteiger partial charge in [0.05, 0.1) is 11.7 Å². The van der Waals surface area contributed by atoms with Crippen LogP contribution in [-0.4, -0.2) is 14.0 Å². The Bertz CT molecular complexity index is 1260. The fourth-order valence-corrected chi connectivity index (χ4v) is 4.04. The topological polar surface area (TPSA) is 26.1 Å². The molecule has 1 aliphatic rings. The van der Waals surface area contributed by atoms with Crippen molar-refractivity contribution in [3.8, 4) is 17.2 Å². The van der Waals surface area contributed by atoms with Crippen molar-refractivity contribution in [3.63, 3.8) is 0 Å². The van der Waals surface area contributed by atoms with E-state index < -0.39 is 0 Å². The van der Waals surface area contributed by atoms with E-state index in [0.717, 1.165) is 23.8 Å². The molecule has 0 fully saturated rings.